The molecule has 0 heterocycles. The van der Waals surface area contributed by atoms with Crippen molar-refractivity contribution >= 4 is 0 Å². The fourth-order valence-electron chi connectivity index (χ4n) is 2.92. The van der Waals surface area contributed by atoms with E-state index in [1.54, 1.807) is 0 Å². The largest absolute Gasteiger partial charge is 0.331 e. The highest BCUT2D eigenvalue weighted by Crippen LogP contribution is 2.09. The van der Waals surface area contributed by atoms with Crippen molar-refractivity contribution in [1.29, 1.82) is 0 Å². The molecule has 2 heteroatoms. The summed E-state index contributed by atoms with van der Waals surface area (Å²) in [5.41, 5.74) is 0. The molecule has 0 amide bonds. The standard InChI is InChI=1S/C20H45N2/c1-6-7-8-9-10-11-12-13-15-18-21-20(2)17-14-16-19-22(3,4)5/h20-21H,6-19H2,1-5H3/q+1. The van der Waals surface area contributed by atoms with Crippen LogP contribution in [-0.2, 0) is 0 Å². The second-order valence-corrected chi connectivity index (χ2v) is 8.19. The van der Waals surface area contributed by atoms with E-state index in [9.17, 15) is 0 Å². The van der Waals surface area contributed by atoms with Crippen LogP contribution in [0, 0.1) is 0 Å². The number of unbranched alkanes of at least 4 members (excludes halogenated alkanes) is 9. The molecule has 0 aliphatic carbocycles. The number of hydrogen-bond acceptors (Lipinski definition) is 1. The van der Waals surface area contributed by atoms with Gasteiger partial charge in [0.15, 0.2) is 0 Å². The number of rotatable bonds is 16. The van der Waals surface area contributed by atoms with Crippen LogP contribution in [0.4, 0.5) is 0 Å². The highest BCUT2D eigenvalue weighted by atomic mass is 15.3. The molecule has 134 valence electrons. The van der Waals surface area contributed by atoms with Gasteiger partial charge < -0.3 is 9.80 Å². The first-order valence-electron chi connectivity index (χ1n) is 9.99. The fraction of sp³-hybridized carbons (Fsp3) is 1.00. The van der Waals surface area contributed by atoms with E-state index >= 15 is 0 Å². The van der Waals surface area contributed by atoms with Gasteiger partial charge in [-0.3, -0.25) is 0 Å². The van der Waals surface area contributed by atoms with Gasteiger partial charge in [0.05, 0.1) is 27.7 Å². The van der Waals surface area contributed by atoms with Crippen molar-refractivity contribution < 1.29 is 4.48 Å². The third-order valence-electron chi connectivity index (χ3n) is 4.49. The second-order valence-electron chi connectivity index (χ2n) is 8.19. The molecule has 0 aliphatic rings. The van der Waals surface area contributed by atoms with Gasteiger partial charge >= 0.3 is 0 Å². The van der Waals surface area contributed by atoms with E-state index in [0.717, 1.165) is 4.48 Å². The molecule has 0 aromatic carbocycles. The minimum Gasteiger partial charge on any atom is -0.331 e. The molecule has 0 aliphatic heterocycles. The molecule has 0 aromatic heterocycles. The minimum atomic E-state index is 0.696. The second kappa shape index (κ2) is 14.5. The molecule has 22 heavy (non-hydrogen) atoms. The predicted octanol–water partition coefficient (Wildman–Crippen LogP) is 5.37. The zero-order valence-corrected chi connectivity index (χ0v) is 16.4. The van der Waals surface area contributed by atoms with Gasteiger partial charge in [-0.2, -0.15) is 0 Å². The Kier molecular flexibility index (Phi) is 14.5. The predicted molar refractivity (Wildman–Crippen MR) is 101 cm³/mol. The molecule has 0 rings (SSSR count). The van der Waals surface area contributed by atoms with E-state index in [-0.39, 0.29) is 0 Å². The zero-order valence-electron chi connectivity index (χ0n) is 16.4. The topological polar surface area (TPSA) is 12.0 Å². The Balaban J connectivity index is 3.20. The monoisotopic (exact) mass is 313 g/mol. The van der Waals surface area contributed by atoms with Crippen molar-refractivity contribution in [3.8, 4) is 0 Å². The Hall–Kier alpha value is -0.0800. The third-order valence-corrected chi connectivity index (χ3v) is 4.49. The summed E-state index contributed by atoms with van der Waals surface area (Å²) in [6.45, 7) is 7.15. The Morgan fingerprint density at radius 3 is 1.82 bits per heavy atom. The van der Waals surface area contributed by atoms with Gasteiger partial charge in [0.25, 0.3) is 0 Å². The van der Waals surface area contributed by atoms with Crippen molar-refractivity contribution in [2.75, 3.05) is 34.2 Å². The molecule has 0 saturated carbocycles. The molecule has 0 bridgehead atoms. The highest BCUT2D eigenvalue weighted by Gasteiger charge is 2.07. The van der Waals surface area contributed by atoms with Crippen LogP contribution in [0.15, 0.2) is 0 Å². The van der Waals surface area contributed by atoms with Crippen LogP contribution >= 0.6 is 0 Å². The van der Waals surface area contributed by atoms with E-state index < -0.39 is 0 Å². The molecule has 0 spiro atoms. The van der Waals surface area contributed by atoms with Crippen molar-refractivity contribution in [2.45, 2.75) is 96.9 Å². The normalized spacial score (nSPS) is 13.5. The highest BCUT2D eigenvalue weighted by molar-refractivity contribution is 4.61. The van der Waals surface area contributed by atoms with Crippen LogP contribution in [-0.4, -0.2) is 44.8 Å². The molecule has 1 N–H and O–H groups in total. The molecule has 2 nitrogen and oxygen atoms in total. The van der Waals surface area contributed by atoms with Crippen LogP contribution < -0.4 is 5.32 Å². The van der Waals surface area contributed by atoms with Crippen molar-refractivity contribution in [3.63, 3.8) is 0 Å². The maximum atomic E-state index is 3.69. The average Bonchev–Trinajstić information content (AvgIpc) is 2.44. The van der Waals surface area contributed by atoms with Crippen LogP contribution in [0.25, 0.3) is 0 Å². The maximum absolute atomic E-state index is 3.69. The van der Waals surface area contributed by atoms with Crippen LogP contribution in [0.1, 0.15) is 90.9 Å². The lowest BCUT2D eigenvalue weighted by Gasteiger charge is -2.24. The Morgan fingerprint density at radius 2 is 1.27 bits per heavy atom. The van der Waals surface area contributed by atoms with Gasteiger partial charge in [0, 0.05) is 6.04 Å². The van der Waals surface area contributed by atoms with Gasteiger partial charge in [-0.05, 0) is 39.2 Å². The molecule has 0 radical (unpaired) electrons. The van der Waals surface area contributed by atoms with Gasteiger partial charge in [0.1, 0.15) is 0 Å². The average molecular weight is 314 g/mol. The van der Waals surface area contributed by atoms with Crippen LogP contribution in [0.5, 0.6) is 0 Å². The first-order valence-corrected chi connectivity index (χ1v) is 9.99. The van der Waals surface area contributed by atoms with Crippen LogP contribution in [0.2, 0.25) is 0 Å². The van der Waals surface area contributed by atoms with E-state index in [4.69, 9.17) is 0 Å². The number of quaternary nitrogens is 1. The van der Waals surface area contributed by atoms with E-state index in [1.807, 2.05) is 0 Å². The summed E-state index contributed by atoms with van der Waals surface area (Å²) in [5, 5.41) is 3.69. The lowest BCUT2D eigenvalue weighted by Crippen LogP contribution is -2.35. The summed E-state index contributed by atoms with van der Waals surface area (Å²) in [6.07, 6.45) is 16.8. The van der Waals surface area contributed by atoms with Gasteiger partial charge in [-0.25, -0.2) is 0 Å². The summed E-state index contributed by atoms with van der Waals surface area (Å²) in [5.74, 6) is 0. The first-order chi connectivity index (χ1) is 10.5. The maximum Gasteiger partial charge on any atom is 0.0780 e. The van der Waals surface area contributed by atoms with Crippen molar-refractivity contribution in [1.82, 2.24) is 5.32 Å². The molecule has 1 unspecified atom stereocenters. The number of nitrogens with zero attached hydrogens (tertiary/aromatic N) is 1. The molecular weight excluding hydrogens is 268 g/mol. The molecule has 0 fully saturated rings. The fourth-order valence-corrected chi connectivity index (χ4v) is 2.92. The lowest BCUT2D eigenvalue weighted by molar-refractivity contribution is -0.870. The van der Waals surface area contributed by atoms with E-state index in [0.29, 0.717) is 6.04 Å². The number of nitrogens with one attached hydrogen (secondary N) is 1. The minimum absolute atomic E-state index is 0.696. The quantitative estimate of drug-likeness (QED) is 0.298. The summed E-state index contributed by atoms with van der Waals surface area (Å²) in [4.78, 5) is 0. The SMILES string of the molecule is CCCCCCCCCCCNC(C)CCCC[N+](C)(C)C. The van der Waals surface area contributed by atoms with Crippen molar-refractivity contribution in [3.05, 3.63) is 0 Å². The smallest absolute Gasteiger partial charge is 0.0780 e. The molecule has 0 aromatic rings. The molecule has 0 saturated heterocycles. The van der Waals surface area contributed by atoms with Gasteiger partial charge in [-0.15, -0.1) is 0 Å². The third kappa shape index (κ3) is 18.0. The molecular formula is C20H45N2+. The summed E-state index contributed by atoms with van der Waals surface area (Å²) in [7, 11) is 6.85. The van der Waals surface area contributed by atoms with E-state index in [2.05, 4.69) is 40.3 Å². The lowest BCUT2D eigenvalue weighted by atomic mass is 10.1. The Morgan fingerprint density at radius 1 is 0.727 bits per heavy atom. The summed E-state index contributed by atoms with van der Waals surface area (Å²) in [6, 6.07) is 0.696. The molecule has 1 atom stereocenters. The van der Waals surface area contributed by atoms with E-state index in [1.165, 1.54) is 90.1 Å². The van der Waals surface area contributed by atoms with Gasteiger partial charge in [-0.1, -0.05) is 58.3 Å². The van der Waals surface area contributed by atoms with Gasteiger partial charge in [0.2, 0.25) is 0 Å². The van der Waals surface area contributed by atoms with Crippen LogP contribution in [0.3, 0.4) is 0 Å². The Bertz CT molecular complexity index is 220. The number of hydrogen-bond donors (Lipinski definition) is 1. The van der Waals surface area contributed by atoms with Crippen molar-refractivity contribution in [2.24, 2.45) is 0 Å². The zero-order chi connectivity index (χ0) is 16.7. The Labute approximate surface area is 141 Å². The first kappa shape index (κ1) is 21.9. The summed E-state index contributed by atoms with van der Waals surface area (Å²) >= 11 is 0. The summed E-state index contributed by atoms with van der Waals surface area (Å²) < 4.78 is 1.10.